The number of hydrogen-bond donors (Lipinski definition) is 0. The number of anilines is 1. The highest BCUT2D eigenvalue weighted by molar-refractivity contribution is 7.15. The van der Waals surface area contributed by atoms with Gasteiger partial charge in [0.2, 0.25) is 16.9 Å². The lowest BCUT2D eigenvalue weighted by Crippen LogP contribution is -2.23. The van der Waals surface area contributed by atoms with Gasteiger partial charge in [-0.05, 0) is 6.92 Å². The van der Waals surface area contributed by atoms with Crippen LogP contribution < -0.4 is 4.90 Å². The predicted molar refractivity (Wildman–Crippen MR) is 71.9 cm³/mol. The molecule has 0 saturated carbocycles. The topological polar surface area (TPSA) is 77.2 Å². The molecule has 0 N–H and O–H groups in total. The van der Waals surface area contributed by atoms with E-state index in [4.69, 9.17) is 9.15 Å². The summed E-state index contributed by atoms with van der Waals surface area (Å²) in [7, 11) is 0. The quantitative estimate of drug-likeness (QED) is 0.822. The molecule has 2 aliphatic rings. The summed E-state index contributed by atoms with van der Waals surface area (Å²) in [5, 5.41) is 18.3. The first-order valence-corrected chi connectivity index (χ1v) is 7.49. The van der Waals surface area contributed by atoms with Gasteiger partial charge in [-0.25, -0.2) is 0 Å². The molecule has 2 aliphatic heterocycles. The van der Waals surface area contributed by atoms with Gasteiger partial charge in [0.1, 0.15) is 5.01 Å². The zero-order valence-corrected chi connectivity index (χ0v) is 12.1. The SMILES string of the molecule is Cc1nnc([C@@H]2CO[C@H]3CN(c4nnc(C)s4)C[C@H]32)o1. The highest BCUT2D eigenvalue weighted by Crippen LogP contribution is 2.41. The van der Waals surface area contributed by atoms with Gasteiger partial charge in [-0.2, -0.15) is 0 Å². The van der Waals surface area contributed by atoms with E-state index < -0.39 is 0 Å². The minimum Gasteiger partial charge on any atom is -0.425 e. The average molecular weight is 293 g/mol. The normalized spacial score (nSPS) is 29.1. The van der Waals surface area contributed by atoms with E-state index in [0.29, 0.717) is 24.3 Å². The highest BCUT2D eigenvalue weighted by Gasteiger charge is 2.47. The van der Waals surface area contributed by atoms with Gasteiger partial charge in [0.25, 0.3) is 0 Å². The number of hydrogen-bond acceptors (Lipinski definition) is 8. The van der Waals surface area contributed by atoms with Gasteiger partial charge >= 0.3 is 0 Å². The van der Waals surface area contributed by atoms with E-state index in [-0.39, 0.29) is 12.0 Å². The lowest BCUT2D eigenvalue weighted by Gasteiger charge is -2.16. The molecule has 0 amide bonds. The van der Waals surface area contributed by atoms with Crippen LogP contribution >= 0.6 is 11.3 Å². The second kappa shape index (κ2) is 4.49. The van der Waals surface area contributed by atoms with Gasteiger partial charge < -0.3 is 14.1 Å². The van der Waals surface area contributed by atoms with E-state index in [1.807, 2.05) is 13.8 Å². The Labute approximate surface area is 120 Å². The lowest BCUT2D eigenvalue weighted by molar-refractivity contribution is 0.112. The van der Waals surface area contributed by atoms with E-state index in [1.54, 1.807) is 11.3 Å². The van der Waals surface area contributed by atoms with Gasteiger partial charge in [0, 0.05) is 25.9 Å². The van der Waals surface area contributed by atoms with Gasteiger partial charge in [0.05, 0.1) is 18.6 Å². The Balaban J connectivity index is 1.55. The first-order chi connectivity index (χ1) is 9.70. The van der Waals surface area contributed by atoms with Crippen molar-refractivity contribution in [2.45, 2.75) is 25.9 Å². The number of fused-ring (bicyclic) bond motifs is 1. The van der Waals surface area contributed by atoms with Crippen molar-refractivity contribution in [3.05, 3.63) is 16.8 Å². The summed E-state index contributed by atoms with van der Waals surface area (Å²) in [5.41, 5.74) is 0. The van der Waals surface area contributed by atoms with Crippen LogP contribution in [0.2, 0.25) is 0 Å². The number of aryl methyl sites for hydroxylation is 2. The molecule has 4 rings (SSSR count). The Hall–Kier alpha value is -1.54. The van der Waals surface area contributed by atoms with Crippen LogP contribution in [0.5, 0.6) is 0 Å². The monoisotopic (exact) mass is 293 g/mol. The number of ether oxygens (including phenoxy) is 1. The maximum absolute atomic E-state index is 5.90. The molecular weight excluding hydrogens is 278 g/mol. The Morgan fingerprint density at radius 2 is 2.05 bits per heavy atom. The van der Waals surface area contributed by atoms with Crippen LogP contribution in [-0.4, -0.2) is 46.2 Å². The first kappa shape index (κ1) is 12.2. The van der Waals surface area contributed by atoms with Crippen LogP contribution in [0.3, 0.4) is 0 Å². The second-order valence-electron chi connectivity index (χ2n) is 5.31. The molecule has 0 spiro atoms. The number of nitrogens with zero attached hydrogens (tertiary/aromatic N) is 5. The molecular formula is C12H15N5O2S. The summed E-state index contributed by atoms with van der Waals surface area (Å²) < 4.78 is 11.5. The van der Waals surface area contributed by atoms with Crippen molar-refractivity contribution in [2.24, 2.45) is 5.92 Å². The maximum Gasteiger partial charge on any atom is 0.222 e. The third-order valence-corrected chi connectivity index (χ3v) is 4.86. The van der Waals surface area contributed by atoms with Crippen LogP contribution in [0.4, 0.5) is 5.13 Å². The summed E-state index contributed by atoms with van der Waals surface area (Å²) >= 11 is 1.62. The van der Waals surface area contributed by atoms with E-state index in [9.17, 15) is 0 Å². The van der Waals surface area contributed by atoms with E-state index in [1.165, 1.54) is 0 Å². The maximum atomic E-state index is 5.90. The molecule has 8 heteroatoms. The molecule has 106 valence electrons. The van der Waals surface area contributed by atoms with Crippen molar-refractivity contribution in [3.8, 4) is 0 Å². The molecule has 0 unspecified atom stereocenters. The van der Waals surface area contributed by atoms with Crippen LogP contribution in [0.15, 0.2) is 4.42 Å². The Morgan fingerprint density at radius 3 is 2.75 bits per heavy atom. The van der Waals surface area contributed by atoms with Gasteiger partial charge in [-0.3, -0.25) is 0 Å². The lowest BCUT2D eigenvalue weighted by atomic mass is 9.93. The summed E-state index contributed by atoms with van der Waals surface area (Å²) in [5.74, 6) is 1.89. The molecule has 0 radical (unpaired) electrons. The molecule has 2 fully saturated rings. The van der Waals surface area contributed by atoms with Crippen LogP contribution in [0, 0.1) is 19.8 Å². The zero-order chi connectivity index (χ0) is 13.7. The van der Waals surface area contributed by atoms with Crippen molar-refractivity contribution in [2.75, 3.05) is 24.6 Å². The summed E-state index contributed by atoms with van der Waals surface area (Å²) in [6, 6.07) is 0. The van der Waals surface area contributed by atoms with Crippen molar-refractivity contribution >= 4 is 16.5 Å². The fourth-order valence-corrected chi connectivity index (χ4v) is 3.70. The predicted octanol–water partition coefficient (Wildman–Crippen LogP) is 1.16. The Morgan fingerprint density at radius 1 is 1.15 bits per heavy atom. The van der Waals surface area contributed by atoms with Crippen molar-refractivity contribution in [3.63, 3.8) is 0 Å². The first-order valence-electron chi connectivity index (χ1n) is 6.67. The van der Waals surface area contributed by atoms with Crippen molar-refractivity contribution in [1.29, 1.82) is 0 Å². The fraction of sp³-hybridized carbons (Fsp3) is 0.667. The third-order valence-electron chi connectivity index (χ3n) is 3.96. The molecule has 3 atom stereocenters. The third kappa shape index (κ3) is 1.90. The molecule has 20 heavy (non-hydrogen) atoms. The standard InChI is InChI=1S/C12H15N5O2S/c1-6-13-15-11(19-6)9-5-18-10-4-17(3-8(9)10)12-16-14-7(2)20-12/h8-10H,3-5H2,1-2H3/t8-,9+,10-/m0/s1. The van der Waals surface area contributed by atoms with E-state index in [2.05, 4.69) is 25.3 Å². The molecule has 0 bridgehead atoms. The zero-order valence-electron chi connectivity index (χ0n) is 11.3. The van der Waals surface area contributed by atoms with E-state index >= 15 is 0 Å². The van der Waals surface area contributed by atoms with Gasteiger partial charge in [-0.15, -0.1) is 20.4 Å². The molecule has 2 aromatic heterocycles. The van der Waals surface area contributed by atoms with Crippen molar-refractivity contribution in [1.82, 2.24) is 20.4 Å². The Bertz CT molecular complexity index is 627. The molecule has 0 aliphatic carbocycles. The fourth-order valence-electron chi connectivity index (χ4n) is 3.00. The van der Waals surface area contributed by atoms with E-state index in [0.717, 1.165) is 23.2 Å². The highest BCUT2D eigenvalue weighted by atomic mass is 32.1. The number of aromatic nitrogens is 4. The number of rotatable bonds is 2. The summed E-state index contributed by atoms with van der Waals surface area (Å²) in [6.07, 6.45) is 0.219. The van der Waals surface area contributed by atoms with Gasteiger partial charge in [0.15, 0.2) is 0 Å². The molecule has 7 nitrogen and oxygen atoms in total. The van der Waals surface area contributed by atoms with Gasteiger partial charge in [-0.1, -0.05) is 11.3 Å². The molecule has 4 heterocycles. The Kier molecular flexibility index (Phi) is 2.74. The minimum atomic E-state index is 0.195. The van der Waals surface area contributed by atoms with Crippen molar-refractivity contribution < 1.29 is 9.15 Å². The second-order valence-corrected chi connectivity index (χ2v) is 6.47. The van der Waals surface area contributed by atoms with Crippen LogP contribution in [0.25, 0.3) is 0 Å². The minimum absolute atomic E-state index is 0.195. The average Bonchev–Trinajstić information content (AvgIpc) is 3.11. The molecule has 2 aromatic rings. The van der Waals surface area contributed by atoms with Crippen LogP contribution in [0.1, 0.15) is 22.7 Å². The summed E-state index contributed by atoms with van der Waals surface area (Å²) in [4.78, 5) is 2.25. The largest absolute Gasteiger partial charge is 0.425 e. The smallest absolute Gasteiger partial charge is 0.222 e. The summed E-state index contributed by atoms with van der Waals surface area (Å²) in [6.45, 7) is 6.22. The van der Waals surface area contributed by atoms with Crippen LogP contribution in [-0.2, 0) is 4.74 Å². The molecule has 2 saturated heterocycles. The molecule has 0 aromatic carbocycles.